The van der Waals surface area contributed by atoms with Crippen LogP contribution in [0.3, 0.4) is 0 Å². The van der Waals surface area contributed by atoms with Crippen molar-refractivity contribution in [3.05, 3.63) is 11.6 Å². The second kappa shape index (κ2) is 6.74. The average molecular weight is 405 g/mol. The predicted molar refractivity (Wildman–Crippen MR) is 105 cm³/mol. The summed E-state index contributed by atoms with van der Waals surface area (Å²) >= 11 is 0. The molecule has 0 saturated heterocycles. The fourth-order valence-corrected chi connectivity index (χ4v) is 7.44. The van der Waals surface area contributed by atoms with Crippen molar-refractivity contribution < 1.29 is 29.3 Å². The first-order valence-electron chi connectivity index (χ1n) is 10.8. The van der Waals surface area contributed by atoms with E-state index in [4.69, 9.17) is 4.74 Å². The van der Waals surface area contributed by atoms with Crippen LogP contribution in [-0.2, 0) is 19.1 Å². The predicted octanol–water partition coefficient (Wildman–Crippen LogP) is 2.35. The summed E-state index contributed by atoms with van der Waals surface area (Å²) < 4.78 is 4.89. The van der Waals surface area contributed by atoms with Gasteiger partial charge in [-0.1, -0.05) is 19.4 Å². The molecular weight excluding hydrogens is 372 g/mol. The van der Waals surface area contributed by atoms with Crippen LogP contribution in [0.2, 0.25) is 0 Å². The first-order chi connectivity index (χ1) is 13.5. The minimum absolute atomic E-state index is 0.0413. The van der Waals surface area contributed by atoms with Gasteiger partial charge in [-0.15, -0.1) is 0 Å². The van der Waals surface area contributed by atoms with Crippen molar-refractivity contribution in [1.82, 2.24) is 0 Å². The number of Topliss-reactive ketones (excluding diaryl/α,β-unsaturated/α-hetero) is 1. The number of ether oxygens (including phenoxy) is 1. The highest BCUT2D eigenvalue weighted by Gasteiger charge is 2.68. The number of hydrogen-bond donors (Lipinski definition) is 2. The fraction of sp³-hybridized carbons (Fsp3) is 0.783. The van der Waals surface area contributed by atoms with Gasteiger partial charge in [0.05, 0.1) is 6.10 Å². The monoisotopic (exact) mass is 404 g/mol. The Bertz CT molecular complexity index is 786. The molecule has 0 aliphatic heterocycles. The molecule has 0 radical (unpaired) electrons. The Morgan fingerprint density at radius 3 is 2.62 bits per heavy atom. The van der Waals surface area contributed by atoms with Gasteiger partial charge < -0.3 is 14.9 Å². The third kappa shape index (κ3) is 2.86. The van der Waals surface area contributed by atoms with Crippen LogP contribution in [0.4, 0.5) is 0 Å². The third-order valence-electron chi connectivity index (χ3n) is 8.92. The highest BCUT2D eigenvalue weighted by Crippen LogP contribution is 2.67. The third-order valence-corrected chi connectivity index (χ3v) is 8.92. The number of fused-ring (bicyclic) bond motifs is 5. The molecule has 6 nitrogen and oxygen atoms in total. The number of ketones is 2. The molecule has 4 aliphatic rings. The van der Waals surface area contributed by atoms with E-state index in [0.717, 1.165) is 31.3 Å². The van der Waals surface area contributed by atoms with E-state index in [1.165, 1.54) is 6.92 Å². The van der Waals surface area contributed by atoms with Crippen molar-refractivity contribution in [1.29, 1.82) is 0 Å². The van der Waals surface area contributed by atoms with E-state index < -0.39 is 35.5 Å². The molecule has 0 amide bonds. The molecule has 0 aromatic carbocycles. The van der Waals surface area contributed by atoms with E-state index >= 15 is 0 Å². The van der Waals surface area contributed by atoms with Gasteiger partial charge in [0.1, 0.15) is 5.60 Å². The zero-order chi connectivity index (χ0) is 21.2. The molecule has 160 valence electrons. The topological polar surface area (TPSA) is 101 Å². The highest BCUT2D eigenvalue weighted by molar-refractivity contribution is 5.92. The zero-order valence-corrected chi connectivity index (χ0v) is 17.6. The lowest BCUT2D eigenvalue weighted by molar-refractivity contribution is -0.184. The molecule has 2 N–H and O–H groups in total. The Morgan fingerprint density at radius 1 is 1.21 bits per heavy atom. The number of carbonyl (C=O) groups excluding carboxylic acids is 3. The summed E-state index contributed by atoms with van der Waals surface area (Å²) in [4.78, 5) is 36.0. The maximum absolute atomic E-state index is 12.9. The first kappa shape index (κ1) is 20.7. The Morgan fingerprint density at radius 2 is 1.93 bits per heavy atom. The van der Waals surface area contributed by atoms with Gasteiger partial charge in [-0.3, -0.25) is 14.4 Å². The number of allylic oxidation sites excluding steroid dienone is 1. The maximum atomic E-state index is 12.9. The minimum Gasteiger partial charge on any atom is -0.458 e. The van der Waals surface area contributed by atoms with Gasteiger partial charge in [0.2, 0.25) is 5.78 Å². The van der Waals surface area contributed by atoms with Gasteiger partial charge in [0.15, 0.2) is 12.4 Å². The zero-order valence-electron chi connectivity index (χ0n) is 17.6. The quantitative estimate of drug-likeness (QED) is 0.701. The molecule has 3 saturated carbocycles. The van der Waals surface area contributed by atoms with Gasteiger partial charge in [-0.2, -0.15) is 0 Å². The highest BCUT2D eigenvalue weighted by atomic mass is 16.5. The van der Waals surface area contributed by atoms with E-state index in [1.54, 1.807) is 6.08 Å². The van der Waals surface area contributed by atoms with Crippen LogP contribution in [0.5, 0.6) is 0 Å². The lowest BCUT2D eigenvalue weighted by Crippen LogP contribution is -2.62. The number of aliphatic hydroxyl groups is 2. The maximum Gasteiger partial charge on any atom is 0.303 e. The summed E-state index contributed by atoms with van der Waals surface area (Å²) in [6.07, 6.45) is 5.54. The molecular formula is C23H32O6. The van der Waals surface area contributed by atoms with E-state index in [2.05, 4.69) is 6.92 Å². The van der Waals surface area contributed by atoms with Crippen molar-refractivity contribution >= 4 is 17.5 Å². The molecule has 4 rings (SSSR count). The van der Waals surface area contributed by atoms with Gasteiger partial charge in [0.25, 0.3) is 0 Å². The lowest BCUT2D eigenvalue weighted by Gasteiger charge is -2.60. The summed E-state index contributed by atoms with van der Waals surface area (Å²) in [5.41, 5.74) is -1.36. The van der Waals surface area contributed by atoms with Crippen LogP contribution in [-0.4, -0.2) is 46.1 Å². The first-order valence-corrected chi connectivity index (χ1v) is 10.8. The molecule has 4 aliphatic carbocycles. The number of carbonyl (C=O) groups is 3. The van der Waals surface area contributed by atoms with E-state index in [-0.39, 0.29) is 29.0 Å². The largest absolute Gasteiger partial charge is 0.458 e. The normalized spacial score (nSPS) is 46.2. The number of rotatable bonds is 3. The van der Waals surface area contributed by atoms with Crippen LogP contribution in [0.1, 0.15) is 65.7 Å². The van der Waals surface area contributed by atoms with Crippen molar-refractivity contribution in [2.24, 2.45) is 28.6 Å². The van der Waals surface area contributed by atoms with Crippen LogP contribution in [0.25, 0.3) is 0 Å². The van der Waals surface area contributed by atoms with Crippen LogP contribution in [0, 0.1) is 28.6 Å². The van der Waals surface area contributed by atoms with Crippen molar-refractivity contribution in [2.75, 3.05) is 6.61 Å². The molecule has 1 unspecified atom stereocenters. The van der Waals surface area contributed by atoms with Crippen LogP contribution < -0.4 is 0 Å². The number of esters is 1. The van der Waals surface area contributed by atoms with E-state index in [9.17, 15) is 24.6 Å². The van der Waals surface area contributed by atoms with Gasteiger partial charge in [-0.05, 0) is 67.8 Å². The summed E-state index contributed by atoms with van der Waals surface area (Å²) in [7, 11) is 0. The van der Waals surface area contributed by atoms with Crippen molar-refractivity contribution in [2.45, 2.75) is 77.4 Å². The fourth-order valence-electron chi connectivity index (χ4n) is 7.44. The van der Waals surface area contributed by atoms with Crippen LogP contribution in [0.15, 0.2) is 11.6 Å². The Kier molecular flexibility index (Phi) is 4.82. The molecule has 0 heterocycles. The van der Waals surface area contributed by atoms with Gasteiger partial charge in [0, 0.05) is 18.8 Å². The van der Waals surface area contributed by atoms with Gasteiger partial charge >= 0.3 is 5.97 Å². The molecule has 6 heteroatoms. The van der Waals surface area contributed by atoms with E-state index in [0.29, 0.717) is 19.3 Å². The molecule has 0 aromatic heterocycles. The summed E-state index contributed by atoms with van der Waals surface area (Å²) in [6, 6.07) is 0. The number of hydrogen-bond acceptors (Lipinski definition) is 6. The number of aliphatic hydroxyl groups excluding tert-OH is 1. The molecule has 7 atom stereocenters. The second-order valence-electron chi connectivity index (χ2n) is 10.2. The standard InChI is InChI=1S/C23H32O6/c1-13(24)29-12-19(27)23(28)9-7-17-16-5-4-14-10-15(25)6-8-21(14,2)20(16)18(26)11-22(17,23)3/h10,16-18,20,26,28H,4-9,11-12H2,1-3H3/t16-,17-,18?,20+,21-,22-,23-/m0/s1. The molecule has 29 heavy (non-hydrogen) atoms. The molecule has 0 spiro atoms. The Balaban J connectivity index is 1.65. The molecule has 3 fully saturated rings. The smallest absolute Gasteiger partial charge is 0.303 e. The minimum atomic E-state index is -1.58. The Labute approximate surface area is 171 Å². The summed E-state index contributed by atoms with van der Waals surface area (Å²) in [5.74, 6) is -0.462. The van der Waals surface area contributed by atoms with E-state index in [1.807, 2.05) is 6.92 Å². The van der Waals surface area contributed by atoms with Crippen molar-refractivity contribution in [3.63, 3.8) is 0 Å². The van der Waals surface area contributed by atoms with Gasteiger partial charge in [-0.25, -0.2) is 0 Å². The summed E-state index contributed by atoms with van der Waals surface area (Å²) in [5, 5.41) is 22.8. The van der Waals surface area contributed by atoms with Crippen molar-refractivity contribution in [3.8, 4) is 0 Å². The SMILES string of the molecule is CC(=O)OCC(=O)[C@@]1(O)CC[C@H]2[C@@H]3CCC4=CC(=O)CC[C@]4(C)[C@H]3C(O)C[C@@]21C. The van der Waals surface area contributed by atoms with Crippen LogP contribution >= 0.6 is 0 Å². The second-order valence-corrected chi connectivity index (χ2v) is 10.2. The Hall–Kier alpha value is -1.53. The average Bonchev–Trinajstić information content (AvgIpc) is 2.91. The lowest BCUT2D eigenvalue weighted by atomic mass is 9.45. The summed E-state index contributed by atoms with van der Waals surface area (Å²) in [6.45, 7) is 4.92. The molecule has 0 aromatic rings. The molecule has 0 bridgehead atoms.